The van der Waals surface area contributed by atoms with Crippen molar-refractivity contribution in [1.82, 2.24) is 4.72 Å². The minimum absolute atomic E-state index is 0.119. The van der Waals surface area contributed by atoms with E-state index in [9.17, 15) is 13.2 Å². The molecule has 7 heteroatoms. The van der Waals surface area contributed by atoms with Gasteiger partial charge in [0.1, 0.15) is 4.21 Å². The SMILES string of the molecule is CC(=O)N(CCNS(=O)(=O)c1ccc(C)s1)c1cc(C)cc(C)c1. The smallest absolute Gasteiger partial charge is 0.250 e. The van der Waals surface area contributed by atoms with E-state index in [1.165, 1.54) is 18.3 Å². The monoisotopic (exact) mass is 366 g/mol. The minimum Gasteiger partial charge on any atom is -0.311 e. The highest BCUT2D eigenvalue weighted by molar-refractivity contribution is 7.91. The Morgan fingerprint density at radius 1 is 1.12 bits per heavy atom. The molecule has 0 radical (unpaired) electrons. The van der Waals surface area contributed by atoms with Gasteiger partial charge >= 0.3 is 0 Å². The first-order valence-electron chi connectivity index (χ1n) is 7.61. The lowest BCUT2D eigenvalue weighted by atomic mass is 10.1. The predicted octanol–water partition coefficient (Wildman–Crippen LogP) is 3.00. The van der Waals surface area contributed by atoms with Crippen molar-refractivity contribution < 1.29 is 13.2 Å². The molecule has 1 amide bonds. The number of aryl methyl sites for hydroxylation is 3. The summed E-state index contributed by atoms with van der Waals surface area (Å²) in [6, 6.07) is 9.24. The fourth-order valence-electron chi connectivity index (χ4n) is 2.49. The van der Waals surface area contributed by atoms with E-state index in [0.717, 1.165) is 21.7 Å². The highest BCUT2D eigenvalue weighted by Crippen LogP contribution is 2.21. The third-order valence-corrected chi connectivity index (χ3v) is 6.46. The van der Waals surface area contributed by atoms with Gasteiger partial charge in [-0.2, -0.15) is 0 Å². The van der Waals surface area contributed by atoms with Crippen LogP contribution in [0.4, 0.5) is 5.69 Å². The third-order valence-electron chi connectivity index (χ3n) is 3.51. The summed E-state index contributed by atoms with van der Waals surface area (Å²) in [5.74, 6) is -0.119. The molecule has 0 bridgehead atoms. The Balaban J connectivity index is 2.08. The van der Waals surface area contributed by atoms with E-state index in [0.29, 0.717) is 4.21 Å². The van der Waals surface area contributed by atoms with Crippen molar-refractivity contribution in [2.75, 3.05) is 18.0 Å². The first-order chi connectivity index (χ1) is 11.2. The number of amides is 1. The summed E-state index contributed by atoms with van der Waals surface area (Å²) in [5, 5.41) is 0. The number of carbonyl (C=O) groups excluding carboxylic acids is 1. The number of sulfonamides is 1. The lowest BCUT2D eigenvalue weighted by Gasteiger charge is -2.22. The maximum Gasteiger partial charge on any atom is 0.250 e. The molecule has 1 heterocycles. The fraction of sp³-hybridized carbons (Fsp3) is 0.353. The van der Waals surface area contributed by atoms with Gasteiger partial charge in [0.25, 0.3) is 0 Å². The number of hydrogen-bond donors (Lipinski definition) is 1. The third kappa shape index (κ3) is 4.66. The second-order valence-corrected chi connectivity index (χ2v) is 9.06. The Morgan fingerprint density at radius 2 is 1.75 bits per heavy atom. The topological polar surface area (TPSA) is 66.5 Å². The Hall–Kier alpha value is -1.70. The maximum atomic E-state index is 12.2. The van der Waals surface area contributed by atoms with Gasteiger partial charge in [0.15, 0.2) is 0 Å². The zero-order valence-electron chi connectivity index (χ0n) is 14.3. The normalized spacial score (nSPS) is 11.5. The molecule has 1 N–H and O–H groups in total. The summed E-state index contributed by atoms with van der Waals surface area (Å²) in [5.41, 5.74) is 2.91. The van der Waals surface area contributed by atoms with Gasteiger partial charge in [0.2, 0.25) is 15.9 Å². The molecule has 0 fully saturated rings. The molecule has 0 saturated heterocycles. The Labute approximate surface area is 147 Å². The van der Waals surface area contributed by atoms with Crippen molar-refractivity contribution in [2.45, 2.75) is 31.9 Å². The molecule has 0 saturated carbocycles. The van der Waals surface area contributed by atoms with Crippen molar-refractivity contribution in [3.8, 4) is 0 Å². The van der Waals surface area contributed by atoms with Crippen LogP contribution < -0.4 is 9.62 Å². The van der Waals surface area contributed by atoms with Crippen LogP contribution in [0.5, 0.6) is 0 Å². The summed E-state index contributed by atoms with van der Waals surface area (Å²) < 4.78 is 27.3. The molecule has 1 aromatic carbocycles. The van der Waals surface area contributed by atoms with E-state index in [4.69, 9.17) is 0 Å². The molecule has 2 aromatic rings. The van der Waals surface area contributed by atoms with Crippen LogP contribution in [0.2, 0.25) is 0 Å². The van der Waals surface area contributed by atoms with Crippen molar-refractivity contribution in [1.29, 1.82) is 0 Å². The summed E-state index contributed by atoms with van der Waals surface area (Å²) in [6.07, 6.45) is 0. The van der Waals surface area contributed by atoms with Gasteiger partial charge < -0.3 is 4.90 Å². The average molecular weight is 367 g/mol. The lowest BCUT2D eigenvalue weighted by molar-refractivity contribution is -0.116. The van der Waals surface area contributed by atoms with Crippen LogP contribution in [0.25, 0.3) is 0 Å². The second kappa shape index (κ2) is 7.46. The molecule has 0 aliphatic carbocycles. The molecule has 5 nitrogen and oxygen atoms in total. The van der Waals surface area contributed by atoms with Gasteiger partial charge in [-0.15, -0.1) is 11.3 Å². The Bertz CT molecular complexity index is 821. The molecule has 0 aliphatic heterocycles. The van der Waals surface area contributed by atoms with Crippen LogP contribution in [-0.2, 0) is 14.8 Å². The van der Waals surface area contributed by atoms with Crippen molar-refractivity contribution in [3.63, 3.8) is 0 Å². The molecule has 1 aromatic heterocycles. The number of anilines is 1. The average Bonchev–Trinajstić information content (AvgIpc) is 2.89. The lowest BCUT2D eigenvalue weighted by Crippen LogP contribution is -2.37. The summed E-state index contributed by atoms with van der Waals surface area (Å²) in [4.78, 5) is 14.5. The Morgan fingerprint density at radius 3 is 2.25 bits per heavy atom. The van der Waals surface area contributed by atoms with Crippen molar-refractivity contribution in [2.24, 2.45) is 0 Å². The first kappa shape index (κ1) is 18.6. The number of rotatable bonds is 6. The van der Waals surface area contributed by atoms with Crippen molar-refractivity contribution >= 4 is 33.0 Å². The van der Waals surface area contributed by atoms with Crippen molar-refractivity contribution in [3.05, 3.63) is 46.3 Å². The maximum absolute atomic E-state index is 12.2. The summed E-state index contributed by atoms with van der Waals surface area (Å²) in [6.45, 7) is 7.72. The zero-order chi connectivity index (χ0) is 17.9. The number of benzene rings is 1. The Kier molecular flexibility index (Phi) is 5.79. The standard InChI is InChI=1S/C17H22N2O3S2/c1-12-9-13(2)11-16(10-12)19(15(4)20)8-7-18-24(21,22)17-6-5-14(3)23-17/h5-6,9-11,18H,7-8H2,1-4H3. The predicted molar refractivity (Wildman–Crippen MR) is 98.2 cm³/mol. The number of thiophene rings is 1. The molecule has 0 unspecified atom stereocenters. The largest absolute Gasteiger partial charge is 0.311 e. The van der Waals surface area contributed by atoms with E-state index in [1.807, 2.05) is 39.0 Å². The molecule has 2 rings (SSSR count). The van der Waals surface area contributed by atoms with Crippen LogP contribution in [0, 0.1) is 20.8 Å². The number of carbonyl (C=O) groups is 1. The molecular weight excluding hydrogens is 344 g/mol. The van der Waals surface area contributed by atoms with E-state index < -0.39 is 10.0 Å². The van der Waals surface area contributed by atoms with E-state index in [-0.39, 0.29) is 19.0 Å². The zero-order valence-corrected chi connectivity index (χ0v) is 15.9. The summed E-state index contributed by atoms with van der Waals surface area (Å²) >= 11 is 1.23. The van der Waals surface area contributed by atoms with Crippen LogP contribution in [0.1, 0.15) is 22.9 Å². The number of hydrogen-bond acceptors (Lipinski definition) is 4. The van der Waals surface area contributed by atoms with E-state index >= 15 is 0 Å². The van der Waals surface area contributed by atoms with Crippen LogP contribution in [0.15, 0.2) is 34.5 Å². The van der Waals surface area contributed by atoms with Gasteiger partial charge in [-0.3, -0.25) is 4.79 Å². The van der Waals surface area contributed by atoms with Gasteiger partial charge in [0.05, 0.1) is 0 Å². The second-order valence-electron chi connectivity index (χ2n) is 5.78. The first-order valence-corrected chi connectivity index (χ1v) is 9.91. The quantitative estimate of drug-likeness (QED) is 0.855. The molecule has 24 heavy (non-hydrogen) atoms. The molecular formula is C17H22N2O3S2. The molecule has 0 atom stereocenters. The molecule has 130 valence electrons. The van der Waals surface area contributed by atoms with Crippen LogP contribution >= 0.6 is 11.3 Å². The summed E-state index contributed by atoms with van der Waals surface area (Å²) in [7, 11) is -3.53. The van der Waals surface area contributed by atoms with Gasteiger partial charge in [-0.25, -0.2) is 13.1 Å². The fourth-order valence-corrected chi connectivity index (χ4v) is 4.84. The van der Waals surface area contributed by atoms with Gasteiger partial charge in [-0.1, -0.05) is 6.07 Å². The highest BCUT2D eigenvalue weighted by Gasteiger charge is 2.17. The highest BCUT2D eigenvalue weighted by atomic mass is 32.2. The van der Waals surface area contributed by atoms with Crippen LogP contribution in [-0.4, -0.2) is 27.4 Å². The number of nitrogens with zero attached hydrogens (tertiary/aromatic N) is 1. The minimum atomic E-state index is -3.53. The number of nitrogens with one attached hydrogen (secondary N) is 1. The van der Waals surface area contributed by atoms with Crippen LogP contribution in [0.3, 0.4) is 0 Å². The van der Waals surface area contributed by atoms with E-state index in [1.54, 1.807) is 17.0 Å². The molecule has 0 aliphatic rings. The van der Waals surface area contributed by atoms with Gasteiger partial charge in [-0.05, 0) is 56.2 Å². The molecule has 0 spiro atoms. The van der Waals surface area contributed by atoms with E-state index in [2.05, 4.69) is 4.72 Å². The van der Waals surface area contributed by atoms with Gasteiger partial charge in [0, 0.05) is 30.6 Å².